The Kier molecular flexibility index (Phi) is 4.38. The predicted molar refractivity (Wildman–Crippen MR) is 88.5 cm³/mol. The minimum Gasteiger partial charge on any atom is -0.344 e. The van der Waals surface area contributed by atoms with Crippen LogP contribution in [-0.2, 0) is 10.3 Å². The van der Waals surface area contributed by atoms with Crippen molar-refractivity contribution in [3.8, 4) is 0 Å². The number of amides is 1. The highest BCUT2D eigenvalue weighted by molar-refractivity contribution is 5.73. The summed E-state index contributed by atoms with van der Waals surface area (Å²) in [5.41, 5.74) is 7.07. The zero-order chi connectivity index (χ0) is 17.3. The first kappa shape index (κ1) is 16.6. The van der Waals surface area contributed by atoms with Crippen molar-refractivity contribution < 1.29 is 9.32 Å². The molecule has 128 valence electrons. The van der Waals surface area contributed by atoms with E-state index in [9.17, 15) is 4.79 Å². The fourth-order valence-electron chi connectivity index (χ4n) is 3.08. The molecule has 2 heterocycles. The monoisotopic (exact) mass is 329 g/mol. The van der Waals surface area contributed by atoms with E-state index in [1.165, 1.54) is 12.5 Å². The first-order valence-corrected chi connectivity index (χ1v) is 8.07. The lowest BCUT2D eigenvalue weighted by molar-refractivity contribution is -0.120. The molecular weight excluding hydrogens is 306 g/mol. The summed E-state index contributed by atoms with van der Waals surface area (Å²) in [5.74, 6) is 1.07. The SMILES string of the molecule is CC(=O)NC(C)(C)c1noc(C2NNC(c3ccccc3)C2C)n1. The lowest BCUT2D eigenvalue weighted by Gasteiger charge is -2.21. The maximum atomic E-state index is 11.3. The summed E-state index contributed by atoms with van der Waals surface area (Å²) in [6.07, 6.45) is 0. The van der Waals surface area contributed by atoms with Crippen molar-refractivity contribution in [3.05, 3.63) is 47.6 Å². The lowest BCUT2D eigenvalue weighted by Crippen LogP contribution is -2.40. The van der Waals surface area contributed by atoms with E-state index in [2.05, 4.69) is 45.4 Å². The van der Waals surface area contributed by atoms with Crippen LogP contribution in [-0.4, -0.2) is 16.0 Å². The Morgan fingerprint density at radius 3 is 2.54 bits per heavy atom. The molecule has 1 aliphatic heterocycles. The predicted octanol–water partition coefficient (Wildman–Crippen LogP) is 1.97. The summed E-state index contributed by atoms with van der Waals surface area (Å²) < 4.78 is 5.46. The lowest BCUT2D eigenvalue weighted by atomic mass is 9.91. The summed E-state index contributed by atoms with van der Waals surface area (Å²) in [6.45, 7) is 7.30. The molecule has 0 spiro atoms. The average Bonchev–Trinajstić information content (AvgIpc) is 3.14. The molecule has 3 unspecified atom stereocenters. The van der Waals surface area contributed by atoms with E-state index in [-0.39, 0.29) is 23.9 Å². The number of carbonyl (C=O) groups excluding carboxylic acids is 1. The molecule has 1 aliphatic rings. The largest absolute Gasteiger partial charge is 0.344 e. The van der Waals surface area contributed by atoms with E-state index >= 15 is 0 Å². The molecule has 1 saturated heterocycles. The third-order valence-corrected chi connectivity index (χ3v) is 4.36. The second kappa shape index (κ2) is 6.33. The number of nitrogens with one attached hydrogen (secondary N) is 3. The summed E-state index contributed by atoms with van der Waals surface area (Å²) in [4.78, 5) is 15.8. The molecule has 0 saturated carbocycles. The highest BCUT2D eigenvalue weighted by Gasteiger charge is 2.38. The Bertz CT molecular complexity index is 713. The van der Waals surface area contributed by atoms with Crippen LogP contribution in [0.3, 0.4) is 0 Å². The molecule has 0 radical (unpaired) electrons. The molecule has 2 aromatic rings. The van der Waals surface area contributed by atoms with Gasteiger partial charge in [0.25, 0.3) is 0 Å². The van der Waals surface area contributed by atoms with Crippen LogP contribution >= 0.6 is 0 Å². The molecular formula is C17H23N5O2. The van der Waals surface area contributed by atoms with Gasteiger partial charge < -0.3 is 9.84 Å². The number of nitrogens with zero attached hydrogens (tertiary/aromatic N) is 2. The van der Waals surface area contributed by atoms with Gasteiger partial charge in [-0.25, -0.2) is 10.9 Å². The molecule has 24 heavy (non-hydrogen) atoms. The molecule has 7 nitrogen and oxygen atoms in total. The van der Waals surface area contributed by atoms with Crippen molar-refractivity contribution in [2.24, 2.45) is 5.92 Å². The normalized spacial score (nSPS) is 24.1. The van der Waals surface area contributed by atoms with Crippen LogP contribution < -0.4 is 16.2 Å². The zero-order valence-electron chi connectivity index (χ0n) is 14.3. The molecule has 3 atom stereocenters. The Labute approximate surface area is 141 Å². The van der Waals surface area contributed by atoms with E-state index in [4.69, 9.17) is 4.52 Å². The van der Waals surface area contributed by atoms with Crippen LogP contribution in [0.2, 0.25) is 0 Å². The van der Waals surface area contributed by atoms with E-state index in [1.54, 1.807) is 0 Å². The van der Waals surface area contributed by atoms with Crippen molar-refractivity contribution in [1.82, 2.24) is 26.3 Å². The molecule has 1 fully saturated rings. The molecule has 3 rings (SSSR count). The number of benzene rings is 1. The summed E-state index contributed by atoms with van der Waals surface area (Å²) >= 11 is 0. The van der Waals surface area contributed by atoms with E-state index < -0.39 is 5.54 Å². The Balaban J connectivity index is 1.78. The van der Waals surface area contributed by atoms with Gasteiger partial charge >= 0.3 is 0 Å². The topological polar surface area (TPSA) is 92.1 Å². The smallest absolute Gasteiger partial charge is 0.245 e. The maximum Gasteiger partial charge on any atom is 0.245 e. The van der Waals surface area contributed by atoms with Crippen molar-refractivity contribution >= 4 is 5.91 Å². The average molecular weight is 329 g/mol. The summed E-state index contributed by atoms with van der Waals surface area (Å²) in [7, 11) is 0. The van der Waals surface area contributed by atoms with Gasteiger partial charge in [0.05, 0.1) is 11.6 Å². The number of rotatable bonds is 4. The van der Waals surface area contributed by atoms with Gasteiger partial charge in [-0.1, -0.05) is 42.4 Å². The highest BCUT2D eigenvalue weighted by atomic mass is 16.5. The minimum atomic E-state index is -0.679. The van der Waals surface area contributed by atoms with Gasteiger partial charge in [-0.2, -0.15) is 4.98 Å². The van der Waals surface area contributed by atoms with Gasteiger partial charge in [0, 0.05) is 12.8 Å². The van der Waals surface area contributed by atoms with Crippen LogP contribution in [0, 0.1) is 5.92 Å². The number of hydrogen-bond donors (Lipinski definition) is 3. The van der Waals surface area contributed by atoms with Gasteiger partial charge in [0.15, 0.2) is 5.82 Å². The maximum absolute atomic E-state index is 11.3. The van der Waals surface area contributed by atoms with Crippen molar-refractivity contribution in [3.63, 3.8) is 0 Å². The molecule has 3 N–H and O–H groups in total. The first-order valence-electron chi connectivity index (χ1n) is 8.07. The molecule has 1 aromatic heterocycles. The second-order valence-electron chi connectivity index (χ2n) is 6.78. The van der Waals surface area contributed by atoms with Crippen LogP contribution in [0.25, 0.3) is 0 Å². The molecule has 0 bridgehead atoms. The van der Waals surface area contributed by atoms with Gasteiger partial charge in [-0.15, -0.1) is 0 Å². The molecule has 1 amide bonds. The number of hydrogen-bond acceptors (Lipinski definition) is 6. The number of aromatic nitrogens is 2. The number of carbonyl (C=O) groups is 1. The Morgan fingerprint density at radius 2 is 1.88 bits per heavy atom. The van der Waals surface area contributed by atoms with Gasteiger partial charge in [-0.05, 0) is 19.4 Å². The van der Waals surface area contributed by atoms with Crippen molar-refractivity contribution in [1.29, 1.82) is 0 Å². The van der Waals surface area contributed by atoms with Crippen LogP contribution in [0.5, 0.6) is 0 Å². The minimum absolute atomic E-state index is 0.0930. The third-order valence-electron chi connectivity index (χ3n) is 4.36. The van der Waals surface area contributed by atoms with E-state index in [1.807, 2.05) is 32.0 Å². The quantitative estimate of drug-likeness (QED) is 0.794. The summed E-state index contributed by atoms with van der Waals surface area (Å²) in [6, 6.07) is 10.3. The van der Waals surface area contributed by atoms with Crippen molar-refractivity contribution in [2.45, 2.75) is 45.3 Å². The first-order chi connectivity index (χ1) is 11.4. The van der Waals surface area contributed by atoms with Gasteiger partial charge in [0.2, 0.25) is 11.8 Å². The van der Waals surface area contributed by atoms with Gasteiger partial charge in [0.1, 0.15) is 6.04 Å². The fraction of sp³-hybridized carbons (Fsp3) is 0.471. The van der Waals surface area contributed by atoms with E-state index in [0.29, 0.717) is 11.7 Å². The fourth-order valence-corrected chi connectivity index (χ4v) is 3.08. The molecule has 0 aliphatic carbocycles. The summed E-state index contributed by atoms with van der Waals surface area (Å²) in [5, 5.41) is 6.87. The van der Waals surface area contributed by atoms with Gasteiger partial charge in [-0.3, -0.25) is 4.79 Å². The van der Waals surface area contributed by atoms with Crippen LogP contribution in [0.15, 0.2) is 34.9 Å². The zero-order valence-corrected chi connectivity index (χ0v) is 14.3. The molecule has 7 heteroatoms. The van der Waals surface area contributed by atoms with Crippen LogP contribution in [0.4, 0.5) is 0 Å². The molecule has 1 aromatic carbocycles. The third kappa shape index (κ3) is 3.18. The Morgan fingerprint density at radius 1 is 1.21 bits per heavy atom. The number of hydrazine groups is 1. The standard InChI is InChI=1S/C17H23N5O2/c1-10-13(12-8-6-5-7-9-12)20-21-14(10)15-18-16(22-24-15)17(3,4)19-11(2)23/h5-10,13-14,20-21H,1-4H3,(H,19,23). The highest BCUT2D eigenvalue weighted by Crippen LogP contribution is 2.36. The van der Waals surface area contributed by atoms with E-state index in [0.717, 1.165) is 0 Å². The van der Waals surface area contributed by atoms with Crippen LogP contribution in [0.1, 0.15) is 57.1 Å². The van der Waals surface area contributed by atoms with Crippen molar-refractivity contribution in [2.75, 3.05) is 0 Å². The Hall–Kier alpha value is -2.25. The second-order valence-corrected chi connectivity index (χ2v) is 6.78.